The molecule has 0 bridgehead atoms. The van der Waals surface area contributed by atoms with Gasteiger partial charge in [0, 0.05) is 12.4 Å². The highest BCUT2D eigenvalue weighted by molar-refractivity contribution is 6.30. The van der Waals surface area contributed by atoms with E-state index in [1.165, 1.54) is 4.57 Å². The summed E-state index contributed by atoms with van der Waals surface area (Å²) in [6, 6.07) is 8.62. The van der Waals surface area contributed by atoms with Gasteiger partial charge in [0.25, 0.3) is 5.56 Å². The van der Waals surface area contributed by atoms with E-state index in [9.17, 15) is 4.79 Å². The molecule has 2 heterocycles. The Kier molecular flexibility index (Phi) is 2.33. The average molecular weight is 207 g/mol. The summed E-state index contributed by atoms with van der Waals surface area (Å²) in [5.41, 5.74) is -0.257. The van der Waals surface area contributed by atoms with E-state index >= 15 is 0 Å². The largest absolute Gasteiger partial charge is 0.275 e. The lowest BCUT2D eigenvalue weighted by Crippen LogP contribution is -2.18. The first-order chi connectivity index (χ1) is 6.79. The Morgan fingerprint density at radius 3 is 2.79 bits per heavy atom. The molecule has 0 aromatic carbocycles. The van der Waals surface area contributed by atoms with Crippen LogP contribution in [0.15, 0.2) is 47.5 Å². The van der Waals surface area contributed by atoms with Crippen molar-refractivity contribution in [3.05, 3.63) is 58.1 Å². The van der Waals surface area contributed by atoms with Crippen LogP contribution in [0.2, 0.25) is 5.02 Å². The van der Waals surface area contributed by atoms with E-state index in [-0.39, 0.29) is 10.6 Å². The summed E-state index contributed by atoms with van der Waals surface area (Å²) in [6.45, 7) is 0. The number of aromatic nitrogens is 2. The van der Waals surface area contributed by atoms with Crippen molar-refractivity contribution in [2.75, 3.05) is 0 Å². The first-order valence-electron chi connectivity index (χ1n) is 4.07. The Balaban J connectivity index is 2.64. The molecule has 70 valence electrons. The Bertz CT molecular complexity index is 493. The number of hydrogen-bond donors (Lipinski definition) is 0. The van der Waals surface area contributed by atoms with Gasteiger partial charge in [-0.1, -0.05) is 17.7 Å². The maximum Gasteiger partial charge on any atom is 0.275 e. The predicted octanol–water partition coefficient (Wildman–Crippen LogP) is 1.89. The second-order valence-corrected chi connectivity index (χ2v) is 3.13. The quantitative estimate of drug-likeness (QED) is 0.714. The molecule has 0 radical (unpaired) electrons. The van der Waals surface area contributed by atoms with Crippen LogP contribution in [0.1, 0.15) is 0 Å². The van der Waals surface area contributed by atoms with E-state index in [0.29, 0.717) is 5.82 Å². The molecule has 0 saturated carbocycles. The lowest BCUT2D eigenvalue weighted by Gasteiger charge is -2.03. The average Bonchev–Trinajstić information content (AvgIpc) is 2.23. The molecule has 2 rings (SSSR count). The molecular weight excluding hydrogens is 200 g/mol. The fourth-order valence-electron chi connectivity index (χ4n) is 1.14. The van der Waals surface area contributed by atoms with Crippen molar-refractivity contribution in [2.45, 2.75) is 0 Å². The molecule has 4 heteroatoms. The van der Waals surface area contributed by atoms with Gasteiger partial charge < -0.3 is 0 Å². The van der Waals surface area contributed by atoms with E-state index in [2.05, 4.69) is 4.98 Å². The van der Waals surface area contributed by atoms with Gasteiger partial charge in [-0.3, -0.25) is 9.36 Å². The zero-order valence-corrected chi connectivity index (χ0v) is 7.98. The summed E-state index contributed by atoms with van der Waals surface area (Å²) >= 11 is 5.70. The van der Waals surface area contributed by atoms with Crippen LogP contribution in [0.25, 0.3) is 5.82 Å². The molecule has 0 spiro atoms. The molecule has 0 atom stereocenters. The van der Waals surface area contributed by atoms with Gasteiger partial charge in [-0.15, -0.1) is 0 Å². The van der Waals surface area contributed by atoms with Gasteiger partial charge in [0.05, 0.1) is 0 Å². The van der Waals surface area contributed by atoms with E-state index < -0.39 is 0 Å². The molecule has 0 amide bonds. The summed E-state index contributed by atoms with van der Waals surface area (Å²) in [4.78, 5) is 15.6. The van der Waals surface area contributed by atoms with Crippen molar-refractivity contribution in [1.29, 1.82) is 0 Å². The third-order valence-electron chi connectivity index (χ3n) is 1.80. The summed E-state index contributed by atoms with van der Waals surface area (Å²) in [5, 5.41) is 0.193. The third kappa shape index (κ3) is 1.54. The summed E-state index contributed by atoms with van der Waals surface area (Å²) in [6.07, 6.45) is 3.26. The molecule has 2 aromatic heterocycles. The number of nitrogens with zero attached hydrogens (tertiary/aromatic N) is 2. The smallest absolute Gasteiger partial charge is 0.267 e. The Labute approximate surface area is 85.6 Å². The van der Waals surface area contributed by atoms with Gasteiger partial charge in [-0.25, -0.2) is 4.98 Å². The summed E-state index contributed by atoms with van der Waals surface area (Å²) in [7, 11) is 0. The molecular formula is C10H7ClN2O. The monoisotopic (exact) mass is 206 g/mol. The maximum absolute atomic E-state index is 11.6. The molecule has 0 fully saturated rings. The molecule has 0 saturated heterocycles. The number of rotatable bonds is 1. The molecule has 0 aliphatic rings. The minimum Gasteiger partial charge on any atom is -0.267 e. The predicted molar refractivity (Wildman–Crippen MR) is 54.8 cm³/mol. The van der Waals surface area contributed by atoms with Crippen molar-refractivity contribution in [2.24, 2.45) is 0 Å². The van der Waals surface area contributed by atoms with Crippen molar-refractivity contribution in [3.63, 3.8) is 0 Å². The minimum atomic E-state index is -0.257. The normalized spacial score (nSPS) is 10.1. The second kappa shape index (κ2) is 3.64. The van der Waals surface area contributed by atoms with Gasteiger partial charge >= 0.3 is 0 Å². The fourth-order valence-corrected chi connectivity index (χ4v) is 1.31. The maximum atomic E-state index is 11.6. The molecule has 0 aliphatic heterocycles. The first-order valence-corrected chi connectivity index (χ1v) is 4.45. The van der Waals surface area contributed by atoms with Crippen molar-refractivity contribution >= 4 is 11.6 Å². The van der Waals surface area contributed by atoms with E-state index in [0.717, 1.165) is 0 Å². The lowest BCUT2D eigenvalue weighted by molar-refractivity contribution is 0.941. The van der Waals surface area contributed by atoms with Crippen LogP contribution < -0.4 is 5.56 Å². The summed E-state index contributed by atoms with van der Waals surface area (Å²) < 4.78 is 1.41. The fraction of sp³-hybridized carbons (Fsp3) is 0. The minimum absolute atomic E-state index is 0.193. The van der Waals surface area contributed by atoms with E-state index in [1.54, 1.807) is 36.7 Å². The van der Waals surface area contributed by atoms with Crippen LogP contribution in [0.3, 0.4) is 0 Å². The Morgan fingerprint density at radius 1 is 1.21 bits per heavy atom. The van der Waals surface area contributed by atoms with E-state index in [4.69, 9.17) is 11.6 Å². The van der Waals surface area contributed by atoms with Gasteiger partial charge in [0.15, 0.2) is 0 Å². The Hall–Kier alpha value is -1.61. The molecule has 3 nitrogen and oxygen atoms in total. The molecule has 14 heavy (non-hydrogen) atoms. The van der Waals surface area contributed by atoms with Crippen LogP contribution >= 0.6 is 11.6 Å². The van der Waals surface area contributed by atoms with Crippen LogP contribution in [0.5, 0.6) is 0 Å². The Morgan fingerprint density at radius 2 is 2.07 bits per heavy atom. The number of halogens is 1. The second-order valence-electron chi connectivity index (χ2n) is 2.72. The van der Waals surface area contributed by atoms with Gasteiger partial charge in [0.2, 0.25) is 0 Å². The zero-order valence-electron chi connectivity index (χ0n) is 7.22. The van der Waals surface area contributed by atoms with Crippen molar-refractivity contribution in [1.82, 2.24) is 9.55 Å². The lowest BCUT2D eigenvalue weighted by atomic mass is 10.4. The molecule has 0 N–H and O–H groups in total. The van der Waals surface area contributed by atoms with Crippen LogP contribution in [-0.4, -0.2) is 9.55 Å². The summed E-state index contributed by atoms with van der Waals surface area (Å²) in [5.74, 6) is 0.569. The first kappa shape index (κ1) is 8.97. The zero-order chi connectivity index (χ0) is 9.97. The van der Waals surface area contributed by atoms with Crippen LogP contribution in [0, 0.1) is 0 Å². The third-order valence-corrected chi connectivity index (χ3v) is 2.08. The highest BCUT2D eigenvalue weighted by atomic mass is 35.5. The highest BCUT2D eigenvalue weighted by Crippen LogP contribution is 2.03. The molecule has 0 unspecified atom stereocenters. The highest BCUT2D eigenvalue weighted by Gasteiger charge is 2.01. The van der Waals surface area contributed by atoms with Crippen LogP contribution in [0.4, 0.5) is 0 Å². The number of pyridine rings is 2. The number of hydrogen-bond acceptors (Lipinski definition) is 2. The van der Waals surface area contributed by atoms with Crippen LogP contribution in [-0.2, 0) is 0 Å². The van der Waals surface area contributed by atoms with E-state index in [1.807, 2.05) is 6.07 Å². The molecule has 2 aromatic rings. The van der Waals surface area contributed by atoms with Gasteiger partial charge in [-0.2, -0.15) is 0 Å². The SMILES string of the molecule is O=c1c(Cl)cccn1-c1ccccn1. The van der Waals surface area contributed by atoms with Crippen molar-refractivity contribution < 1.29 is 0 Å². The standard InChI is InChI=1S/C10H7ClN2O/c11-8-4-3-7-13(10(8)14)9-5-1-2-6-12-9/h1-7H. The van der Waals surface area contributed by atoms with Gasteiger partial charge in [0.1, 0.15) is 10.8 Å². The molecule has 0 aliphatic carbocycles. The topological polar surface area (TPSA) is 34.9 Å². The van der Waals surface area contributed by atoms with Gasteiger partial charge in [-0.05, 0) is 24.3 Å². The van der Waals surface area contributed by atoms with Crippen molar-refractivity contribution in [3.8, 4) is 5.82 Å².